The van der Waals surface area contributed by atoms with E-state index in [9.17, 15) is 9.59 Å². The van der Waals surface area contributed by atoms with Crippen LogP contribution in [0.5, 0.6) is 0 Å². The molecule has 138 valence electrons. The van der Waals surface area contributed by atoms with Gasteiger partial charge in [0.15, 0.2) is 11.1 Å². The average Bonchev–Trinajstić information content (AvgIpc) is 2.68. The Morgan fingerprint density at radius 3 is 1.25 bits per heavy atom. The molecule has 0 spiro atoms. The van der Waals surface area contributed by atoms with E-state index in [-0.39, 0.29) is 11.9 Å². The van der Waals surface area contributed by atoms with Crippen molar-refractivity contribution in [2.24, 2.45) is 10.2 Å². The van der Waals surface area contributed by atoms with E-state index in [0.717, 1.165) is 38.5 Å². The average molecular weight is 564 g/mol. The SMILES string of the molecule is COC(=O)C1(N=NC2(C(=O)OC)CCCCC2)CCCCC1.II. The van der Waals surface area contributed by atoms with E-state index in [1.54, 1.807) is 0 Å². The Balaban J connectivity index is 0.00000139. The van der Waals surface area contributed by atoms with Crippen LogP contribution in [0.25, 0.3) is 0 Å². The third-order valence-electron chi connectivity index (χ3n) is 4.92. The number of esters is 2. The van der Waals surface area contributed by atoms with Gasteiger partial charge in [-0.3, -0.25) is 0 Å². The molecule has 0 saturated heterocycles. The second-order valence-corrected chi connectivity index (χ2v) is 6.37. The highest BCUT2D eigenvalue weighted by atomic mass is 128. The third kappa shape index (κ3) is 5.25. The number of hydrogen-bond acceptors (Lipinski definition) is 6. The molecule has 0 heterocycles. The molecule has 0 aromatic carbocycles. The molecular weight excluding hydrogens is 538 g/mol. The zero-order valence-electron chi connectivity index (χ0n) is 14.4. The number of nitrogens with zero attached hydrogens (tertiary/aromatic N) is 2. The van der Waals surface area contributed by atoms with Gasteiger partial charge in [0.1, 0.15) is 0 Å². The molecule has 2 fully saturated rings. The fourth-order valence-corrected chi connectivity index (χ4v) is 3.53. The Kier molecular flexibility index (Phi) is 9.98. The number of rotatable bonds is 4. The minimum absolute atomic E-state index is 0.341. The second kappa shape index (κ2) is 10.9. The molecule has 6 nitrogen and oxygen atoms in total. The number of methoxy groups -OCH3 is 2. The zero-order valence-corrected chi connectivity index (χ0v) is 18.7. The van der Waals surface area contributed by atoms with Crippen molar-refractivity contribution in [3.8, 4) is 0 Å². The molecule has 0 aliphatic heterocycles. The predicted octanol–water partition coefficient (Wildman–Crippen LogP) is 4.96. The van der Waals surface area contributed by atoms with Crippen LogP contribution >= 0.6 is 37.2 Å². The van der Waals surface area contributed by atoms with Crippen LogP contribution in [0.15, 0.2) is 10.2 Å². The molecule has 0 radical (unpaired) electrons. The lowest BCUT2D eigenvalue weighted by atomic mass is 9.81. The van der Waals surface area contributed by atoms with E-state index in [4.69, 9.17) is 9.47 Å². The van der Waals surface area contributed by atoms with E-state index in [0.29, 0.717) is 25.7 Å². The number of azo groups is 1. The Bertz CT molecular complexity index is 405. The van der Waals surface area contributed by atoms with Gasteiger partial charge in [-0.2, -0.15) is 10.2 Å². The van der Waals surface area contributed by atoms with Crippen LogP contribution in [0.1, 0.15) is 64.2 Å². The highest BCUT2D eigenvalue weighted by Gasteiger charge is 2.45. The number of halogens is 2. The number of hydrogen-bond donors (Lipinski definition) is 0. The summed E-state index contributed by atoms with van der Waals surface area (Å²) in [5, 5.41) is 8.80. The van der Waals surface area contributed by atoms with Crippen molar-refractivity contribution in [2.75, 3.05) is 14.2 Å². The molecule has 0 aromatic rings. The molecule has 0 unspecified atom stereocenters. The Morgan fingerprint density at radius 1 is 0.708 bits per heavy atom. The van der Waals surface area contributed by atoms with Gasteiger partial charge >= 0.3 is 11.9 Å². The van der Waals surface area contributed by atoms with Crippen molar-refractivity contribution in [3.05, 3.63) is 0 Å². The molecule has 0 bridgehead atoms. The van der Waals surface area contributed by atoms with Gasteiger partial charge in [-0.15, -0.1) is 0 Å². The monoisotopic (exact) mass is 564 g/mol. The van der Waals surface area contributed by atoms with Crippen LogP contribution in [-0.2, 0) is 19.1 Å². The van der Waals surface area contributed by atoms with Crippen molar-refractivity contribution in [3.63, 3.8) is 0 Å². The molecule has 0 aromatic heterocycles. The maximum Gasteiger partial charge on any atom is 0.335 e. The number of ether oxygens (including phenoxy) is 2. The van der Waals surface area contributed by atoms with Crippen molar-refractivity contribution in [2.45, 2.75) is 75.3 Å². The fraction of sp³-hybridized carbons (Fsp3) is 0.875. The molecule has 8 heteroatoms. The van der Waals surface area contributed by atoms with Gasteiger partial charge in [0, 0.05) is 37.2 Å². The standard InChI is InChI=1S/C16H26N2O4.I2/c1-21-13(19)15(9-5-3-6-10-15)17-18-16(14(20)22-2)11-7-4-8-12-16;1-2/h3-12H2,1-2H3;. The topological polar surface area (TPSA) is 77.3 Å². The molecular formula is C16H26I2N2O4. The van der Waals surface area contributed by atoms with Crippen molar-refractivity contribution < 1.29 is 19.1 Å². The van der Waals surface area contributed by atoms with E-state index in [1.165, 1.54) is 14.2 Å². The van der Waals surface area contributed by atoms with Crippen LogP contribution in [0.2, 0.25) is 0 Å². The first-order chi connectivity index (χ1) is 11.6. The van der Waals surface area contributed by atoms with E-state index in [1.807, 2.05) is 0 Å². The van der Waals surface area contributed by atoms with E-state index in [2.05, 4.69) is 47.5 Å². The summed E-state index contributed by atoms with van der Waals surface area (Å²) in [6.07, 6.45) is 8.46. The van der Waals surface area contributed by atoms with Gasteiger partial charge in [0.2, 0.25) is 0 Å². The molecule has 2 aliphatic carbocycles. The largest absolute Gasteiger partial charge is 0.467 e. The summed E-state index contributed by atoms with van der Waals surface area (Å²) < 4.78 is 9.89. The summed E-state index contributed by atoms with van der Waals surface area (Å²) in [6.45, 7) is 0. The van der Waals surface area contributed by atoms with Crippen molar-refractivity contribution in [1.29, 1.82) is 0 Å². The molecule has 2 rings (SSSR count). The Hall–Kier alpha value is 0. The smallest absolute Gasteiger partial charge is 0.335 e. The van der Waals surface area contributed by atoms with Gasteiger partial charge in [-0.05, 0) is 25.7 Å². The van der Waals surface area contributed by atoms with Crippen LogP contribution < -0.4 is 0 Å². The van der Waals surface area contributed by atoms with Gasteiger partial charge in [0.25, 0.3) is 0 Å². The third-order valence-corrected chi connectivity index (χ3v) is 4.92. The summed E-state index contributed by atoms with van der Waals surface area (Å²) >= 11 is 4.24. The first-order valence-electron chi connectivity index (χ1n) is 8.34. The first kappa shape index (κ1) is 22.0. The maximum atomic E-state index is 12.2. The molecule has 24 heavy (non-hydrogen) atoms. The predicted molar refractivity (Wildman–Crippen MR) is 109 cm³/mol. The summed E-state index contributed by atoms with van der Waals surface area (Å²) in [4.78, 5) is 24.4. The maximum absolute atomic E-state index is 12.2. The summed E-state index contributed by atoms with van der Waals surface area (Å²) in [7, 11) is 2.76. The minimum Gasteiger partial charge on any atom is -0.467 e. The van der Waals surface area contributed by atoms with Gasteiger partial charge in [-0.25, -0.2) is 9.59 Å². The number of carbonyl (C=O) groups excluding carboxylic acids is 2. The molecule has 2 aliphatic rings. The highest BCUT2D eigenvalue weighted by Crippen LogP contribution is 2.38. The quantitative estimate of drug-likeness (QED) is 0.275. The van der Waals surface area contributed by atoms with Crippen molar-refractivity contribution in [1.82, 2.24) is 0 Å². The van der Waals surface area contributed by atoms with Gasteiger partial charge in [-0.1, -0.05) is 38.5 Å². The molecule has 2 saturated carbocycles. The lowest BCUT2D eigenvalue weighted by Gasteiger charge is -2.33. The summed E-state index contributed by atoms with van der Waals surface area (Å²) in [5.41, 5.74) is -1.82. The van der Waals surface area contributed by atoms with Crippen molar-refractivity contribution >= 4 is 49.2 Å². The lowest BCUT2D eigenvalue weighted by molar-refractivity contribution is -0.151. The second-order valence-electron chi connectivity index (χ2n) is 6.37. The summed E-state index contributed by atoms with van der Waals surface area (Å²) in [6, 6.07) is 0. The Morgan fingerprint density at radius 2 is 1.00 bits per heavy atom. The number of carbonyl (C=O) groups is 2. The highest BCUT2D eigenvalue weighted by molar-refractivity contribution is 15.0. The molecule has 0 atom stereocenters. The lowest BCUT2D eigenvalue weighted by Crippen LogP contribution is -2.43. The van der Waals surface area contributed by atoms with Crippen LogP contribution in [0, 0.1) is 0 Å². The van der Waals surface area contributed by atoms with Crippen LogP contribution in [-0.4, -0.2) is 37.2 Å². The first-order valence-corrected chi connectivity index (χ1v) is 14.6. The fourth-order valence-electron chi connectivity index (χ4n) is 3.53. The molecule has 0 amide bonds. The van der Waals surface area contributed by atoms with Gasteiger partial charge < -0.3 is 9.47 Å². The molecule has 0 N–H and O–H groups in total. The van der Waals surface area contributed by atoms with Gasteiger partial charge in [0.05, 0.1) is 14.2 Å². The van der Waals surface area contributed by atoms with Crippen LogP contribution in [0.3, 0.4) is 0 Å². The van der Waals surface area contributed by atoms with Crippen LogP contribution in [0.4, 0.5) is 0 Å². The minimum atomic E-state index is -0.911. The normalized spacial score (nSPS) is 22.2. The van der Waals surface area contributed by atoms with E-state index >= 15 is 0 Å². The zero-order chi connectivity index (χ0) is 18.1. The Labute approximate surface area is 167 Å². The summed E-state index contributed by atoms with van der Waals surface area (Å²) in [5.74, 6) is -0.682. The van der Waals surface area contributed by atoms with E-state index < -0.39 is 11.1 Å².